The second kappa shape index (κ2) is 7.69. The molecule has 4 nitrogen and oxygen atoms in total. The van der Waals surface area contributed by atoms with Gasteiger partial charge in [0.1, 0.15) is 0 Å². The average molecular weight is 297 g/mol. The molecule has 0 aliphatic rings. The zero-order valence-electron chi connectivity index (χ0n) is 13.5. The van der Waals surface area contributed by atoms with E-state index >= 15 is 0 Å². The van der Waals surface area contributed by atoms with Crippen molar-refractivity contribution in [2.24, 2.45) is 0 Å². The van der Waals surface area contributed by atoms with E-state index in [0.717, 1.165) is 12.1 Å². The lowest BCUT2D eigenvalue weighted by Gasteiger charge is -2.13. The Hall–Kier alpha value is -2.23. The number of nitrogens with zero attached hydrogens (tertiary/aromatic N) is 2. The van der Waals surface area contributed by atoms with Crippen LogP contribution in [0.2, 0.25) is 0 Å². The predicted octanol–water partition coefficient (Wildman–Crippen LogP) is 2.77. The van der Waals surface area contributed by atoms with Crippen LogP contribution < -0.4 is 5.32 Å². The maximum Gasteiger partial charge on any atom is 0.220 e. The van der Waals surface area contributed by atoms with Crippen LogP contribution in [-0.2, 0) is 17.6 Å². The standard InChI is InChI=1S/C18H23N3O/c1-13-4-5-16(10-14(13)2)6-7-18(22)21-15(3)11-17-12-19-8-9-20-17/h4-5,8-10,12,15H,6-7,11H2,1-3H3,(H,21,22)/t15-/m0/s1. The first-order valence-corrected chi connectivity index (χ1v) is 7.65. The smallest absolute Gasteiger partial charge is 0.220 e. The molecule has 0 saturated carbocycles. The van der Waals surface area contributed by atoms with Gasteiger partial charge in [0, 0.05) is 37.5 Å². The fourth-order valence-corrected chi connectivity index (χ4v) is 2.36. The van der Waals surface area contributed by atoms with Crippen molar-refractivity contribution in [2.45, 2.75) is 46.1 Å². The van der Waals surface area contributed by atoms with Gasteiger partial charge in [-0.05, 0) is 43.9 Å². The van der Waals surface area contributed by atoms with E-state index in [1.807, 2.05) is 6.92 Å². The summed E-state index contributed by atoms with van der Waals surface area (Å²) in [5.41, 5.74) is 4.66. The molecular formula is C18H23N3O. The number of hydrogen-bond donors (Lipinski definition) is 1. The van der Waals surface area contributed by atoms with E-state index in [9.17, 15) is 4.79 Å². The molecule has 1 amide bonds. The van der Waals surface area contributed by atoms with Crippen LogP contribution >= 0.6 is 0 Å². The van der Waals surface area contributed by atoms with Gasteiger partial charge in [-0.2, -0.15) is 0 Å². The Labute approximate surface area is 132 Å². The lowest BCUT2D eigenvalue weighted by Crippen LogP contribution is -2.34. The minimum atomic E-state index is 0.0592. The van der Waals surface area contributed by atoms with Crippen molar-refractivity contribution in [2.75, 3.05) is 0 Å². The molecule has 2 rings (SSSR count). The van der Waals surface area contributed by atoms with Crippen molar-refractivity contribution in [1.82, 2.24) is 15.3 Å². The zero-order chi connectivity index (χ0) is 15.9. The van der Waals surface area contributed by atoms with Gasteiger partial charge >= 0.3 is 0 Å². The topological polar surface area (TPSA) is 54.9 Å². The molecule has 116 valence electrons. The van der Waals surface area contributed by atoms with Gasteiger partial charge in [-0.15, -0.1) is 0 Å². The molecule has 1 atom stereocenters. The monoisotopic (exact) mass is 297 g/mol. The van der Waals surface area contributed by atoms with Crippen LogP contribution in [0, 0.1) is 13.8 Å². The normalized spacial score (nSPS) is 12.0. The van der Waals surface area contributed by atoms with Gasteiger partial charge in [0.05, 0.1) is 5.69 Å². The van der Waals surface area contributed by atoms with E-state index in [4.69, 9.17) is 0 Å². The Morgan fingerprint density at radius 1 is 1.23 bits per heavy atom. The molecule has 2 aromatic rings. The fraction of sp³-hybridized carbons (Fsp3) is 0.389. The maximum absolute atomic E-state index is 12.0. The number of nitrogens with one attached hydrogen (secondary N) is 1. The molecule has 0 fully saturated rings. The first-order chi connectivity index (χ1) is 10.5. The molecule has 1 heterocycles. The SMILES string of the molecule is Cc1ccc(CCC(=O)N[C@@H](C)Cc2cnccn2)cc1C. The third-order valence-electron chi connectivity index (χ3n) is 3.75. The molecule has 0 spiro atoms. The minimum absolute atomic E-state index is 0.0592. The Kier molecular flexibility index (Phi) is 5.64. The molecule has 0 bridgehead atoms. The fourth-order valence-electron chi connectivity index (χ4n) is 2.36. The van der Waals surface area contributed by atoms with Gasteiger partial charge in [-0.1, -0.05) is 18.2 Å². The molecule has 1 aromatic carbocycles. The van der Waals surface area contributed by atoms with Gasteiger partial charge in [0.15, 0.2) is 0 Å². The molecule has 4 heteroatoms. The number of hydrogen-bond acceptors (Lipinski definition) is 3. The number of rotatable bonds is 6. The highest BCUT2D eigenvalue weighted by molar-refractivity contribution is 5.76. The summed E-state index contributed by atoms with van der Waals surface area (Å²) in [5, 5.41) is 3.02. The molecular weight excluding hydrogens is 274 g/mol. The minimum Gasteiger partial charge on any atom is -0.353 e. The molecule has 0 aliphatic heterocycles. The van der Waals surface area contributed by atoms with Crippen LogP contribution in [0.1, 0.15) is 35.7 Å². The molecule has 1 aromatic heterocycles. The van der Waals surface area contributed by atoms with Crippen LogP contribution in [0.3, 0.4) is 0 Å². The molecule has 0 saturated heterocycles. The number of carbonyl (C=O) groups excluding carboxylic acids is 1. The lowest BCUT2D eigenvalue weighted by atomic mass is 10.0. The highest BCUT2D eigenvalue weighted by atomic mass is 16.1. The Morgan fingerprint density at radius 3 is 2.73 bits per heavy atom. The van der Waals surface area contributed by atoms with Crippen molar-refractivity contribution in [3.8, 4) is 0 Å². The summed E-state index contributed by atoms with van der Waals surface area (Å²) >= 11 is 0. The third kappa shape index (κ3) is 4.95. The number of benzene rings is 1. The molecule has 1 N–H and O–H groups in total. The van der Waals surface area contributed by atoms with Crippen molar-refractivity contribution in [3.05, 3.63) is 59.2 Å². The van der Waals surface area contributed by atoms with E-state index in [-0.39, 0.29) is 11.9 Å². The second-order valence-corrected chi connectivity index (χ2v) is 5.79. The van der Waals surface area contributed by atoms with E-state index in [0.29, 0.717) is 12.8 Å². The van der Waals surface area contributed by atoms with E-state index in [1.54, 1.807) is 18.6 Å². The van der Waals surface area contributed by atoms with Gasteiger partial charge in [-0.25, -0.2) is 0 Å². The zero-order valence-corrected chi connectivity index (χ0v) is 13.5. The lowest BCUT2D eigenvalue weighted by molar-refractivity contribution is -0.121. The van der Waals surface area contributed by atoms with E-state index in [2.05, 4.69) is 47.3 Å². The van der Waals surface area contributed by atoms with Gasteiger partial charge in [0.2, 0.25) is 5.91 Å². The Morgan fingerprint density at radius 2 is 2.05 bits per heavy atom. The number of amides is 1. The number of carbonyl (C=O) groups is 1. The summed E-state index contributed by atoms with van der Waals surface area (Å²) in [7, 11) is 0. The largest absolute Gasteiger partial charge is 0.353 e. The first kappa shape index (κ1) is 16.1. The highest BCUT2D eigenvalue weighted by Gasteiger charge is 2.09. The molecule has 0 radical (unpaired) electrons. The second-order valence-electron chi connectivity index (χ2n) is 5.79. The highest BCUT2D eigenvalue weighted by Crippen LogP contribution is 2.11. The molecule has 0 unspecified atom stereocenters. The molecule has 22 heavy (non-hydrogen) atoms. The van der Waals surface area contributed by atoms with Gasteiger partial charge < -0.3 is 5.32 Å². The maximum atomic E-state index is 12.0. The van der Waals surface area contributed by atoms with Crippen LogP contribution in [0.4, 0.5) is 0 Å². The van der Waals surface area contributed by atoms with E-state index in [1.165, 1.54) is 16.7 Å². The van der Waals surface area contributed by atoms with Crippen molar-refractivity contribution < 1.29 is 4.79 Å². The van der Waals surface area contributed by atoms with Gasteiger partial charge in [0.25, 0.3) is 0 Å². The summed E-state index contributed by atoms with van der Waals surface area (Å²) in [5.74, 6) is 0.0784. The predicted molar refractivity (Wildman–Crippen MR) is 87.6 cm³/mol. The number of aryl methyl sites for hydroxylation is 3. The van der Waals surface area contributed by atoms with Crippen molar-refractivity contribution >= 4 is 5.91 Å². The quantitative estimate of drug-likeness (QED) is 0.892. The van der Waals surface area contributed by atoms with Crippen molar-refractivity contribution in [3.63, 3.8) is 0 Å². The summed E-state index contributed by atoms with van der Waals surface area (Å²) < 4.78 is 0. The van der Waals surface area contributed by atoms with Crippen LogP contribution in [0.25, 0.3) is 0 Å². The Balaban J connectivity index is 1.78. The van der Waals surface area contributed by atoms with Crippen LogP contribution in [-0.4, -0.2) is 21.9 Å². The average Bonchev–Trinajstić information content (AvgIpc) is 2.49. The first-order valence-electron chi connectivity index (χ1n) is 7.65. The summed E-state index contributed by atoms with van der Waals surface area (Å²) in [6.07, 6.45) is 7.03. The summed E-state index contributed by atoms with van der Waals surface area (Å²) in [6.45, 7) is 6.18. The van der Waals surface area contributed by atoms with Crippen molar-refractivity contribution in [1.29, 1.82) is 0 Å². The van der Waals surface area contributed by atoms with E-state index < -0.39 is 0 Å². The third-order valence-corrected chi connectivity index (χ3v) is 3.75. The van der Waals surface area contributed by atoms with Crippen LogP contribution in [0.15, 0.2) is 36.8 Å². The Bertz CT molecular complexity index is 625. The summed E-state index contributed by atoms with van der Waals surface area (Å²) in [4.78, 5) is 20.3. The molecule has 0 aliphatic carbocycles. The van der Waals surface area contributed by atoms with Crippen LogP contribution in [0.5, 0.6) is 0 Å². The number of aromatic nitrogens is 2. The summed E-state index contributed by atoms with van der Waals surface area (Å²) in [6, 6.07) is 6.42. The van der Waals surface area contributed by atoms with Gasteiger partial charge in [-0.3, -0.25) is 14.8 Å².